The zero-order valence-electron chi connectivity index (χ0n) is 24.4. The van der Waals surface area contributed by atoms with Crippen molar-refractivity contribution in [3.8, 4) is 0 Å². The Bertz CT molecular complexity index is 1100. The van der Waals surface area contributed by atoms with E-state index in [1.165, 1.54) is 44.9 Å². The predicted octanol–water partition coefficient (Wildman–Crippen LogP) is 6.08. The Labute approximate surface area is 243 Å². The smallest absolute Gasteiger partial charge is 0.328 e. The monoisotopic (exact) mass is 569 g/mol. The van der Waals surface area contributed by atoms with E-state index < -0.39 is 35.9 Å². The van der Waals surface area contributed by atoms with Crippen LogP contribution in [0.5, 0.6) is 0 Å². The van der Waals surface area contributed by atoms with Gasteiger partial charge in [-0.25, -0.2) is 4.79 Å². The number of hydrogen-bond donors (Lipinski definition) is 3. The number of carboxylic acid groups (broad SMARTS) is 1. The van der Waals surface area contributed by atoms with Gasteiger partial charge in [-0.1, -0.05) is 83.3 Å². The van der Waals surface area contributed by atoms with Crippen LogP contribution in [-0.4, -0.2) is 46.0 Å². The highest BCUT2D eigenvalue weighted by Gasteiger charge is 2.27. The van der Waals surface area contributed by atoms with Crippen LogP contribution in [0.1, 0.15) is 120 Å². The molecule has 0 aliphatic rings. The molecule has 0 fully saturated rings. The quantitative estimate of drug-likeness (QED) is 0.115. The number of pyridine rings is 1. The summed E-state index contributed by atoms with van der Waals surface area (Å²) in [4.78, 5) is 53.4. The minimum absolute atomic E-state index is 0.0849. The Morgan fingerprint density at radius 2 is 1.54 bits per heavy atom. The highest BCUT2D eigenvalue weighted by atomic mass is 16.5. The Morgan fingerprint density at radius 1 is 0.878 bits per heavy atom. The van der Waals surface area contributed by atoms with E-state index in [2.05, 4.69) is 17.2 Å². The Hall–Kier alpha value is -3.49. The zero-order chi connectivity index (χ0) is 29.9. The van der Waals surface area contributed by atoms with E-state index in [9.17, 15) is 19.2 Å². The molecule has 41 heavy (non-hydrogen) atoms. The van der Waals surface area contributed by atoms with Gasteiger partial charge in [-0.3, -0.25) is 19.4 Å². The first-order valence-electron chi connectivity index (χ1n) is 15.2. The number of carbonyl (C=O) groups excluding carboxylic acids is 3. The van der Waals surface area contributed by atoms with E-state index in [1.807, 2.05) is 0 Å². The number of aliphatic carboxylic acids is 1. The van der Waals surface area contributed by atoms with E-state index in [-0.39, 0.29) is 25.7 Å². The SMILES string of the molecule is CCCCCCCCCCCCC[C@@H](CC(N)=O)OC(=O)[C@H](CCCC(=O)O)NC(=O)c1cccc2ncccc12. The van der Waals surface area contributed by atoms with Crippen LogP contribution in [0, 0.1) is 0 Å². The Morgan fingerprint density at radius 3 is 2.17 bits per heavy atom. The van der Waals surface area contributed by atoms with Gasteiger partial charge in [0.05, 0.1) is 11.9 Å². The van der Waals surface area contributed by atoms with Gasteiger partial charge in [-0.15, -0.1) is 0 Å². The lowest BCUT2D eigenvalue weighted by molar-refractivity contribution is -0.153. The fourth-order valence-corrected chi connectivity index (χ4v) is 4.95. The molecule has 4 N–H and O–H groups in total. The second-order valence-corrected chi connectivity index (χ2v) is 10.7. The van der Waals surface area contributed by atoms with Gasteiger partial charge >= 0.3 is 11.9 Å². The summed E-state index contributed by atoms with van der Waals surface area (Å²) >= 11 is 0. The van der Waals surface area contributed by atoms with Crippen molar-refractivity contribution in [3.63, 3.8) is 0 Å². The van der Waals surface area contributed by atoms with Crippen LogP contribution in [-0.2, 0) is 19.1 Å². The predicted molar refractivity (Wildman–Crippen MR) is 159 cm³/mol. The van der Waals surface area contributed by atoms with Crippen LogP contribution in [0.3, 0.4) is 0 Å². The summed E-state index contributed by atoms with van der Waals surface area (Å²) in [7, 11) is 0. The number of unbranched alkanes of at least 4 members (excludes halogenated alkanes) is 10. The van der Waals surface area contributed by atoms with Crippen molar-refractivity contribution in [1.29, 1.82) is 0 Å². The molecule has 1 aromatic carbocycles. The van der Waals surface area contributed by atoms with E-state index in [4.69, 9.17) is 15.6 Å². The van der Waals surface area contributed by atoms with Gasteiger partial charge in [0.2, 0.25) is 5.91 Å². The highest BCUT2D eigenvalue weighted by Crippen LogP contribution is 2.19. The van der Waals surface area contributed by atoms with Crippen LogP contribution in [0.2, 0.25) is 0 Å². The first kappa shape index (κ1) is 33.7. The number of fused-ring (bicyclic) bond motifs is 1. The molecule has 2 aromatic rings. The molecule has 2 amide bonds. The first-order chi connectivity index (χ1) is 19.8. The summed E-state index contributed by atoms with van der Waals surface area (Å²) in [5.41, 5.74) is 6.41. The Kier molecular flexibility index (Phi) is 16.1. The highest BCUT2D eigenvalue weighted by molar-refractivity contribution is 6.07. The van der Waals surface area contributed by atoms with Crippen molar-refractivity contribution >= 4 is 34.7 Å². The van der Waals surface area contributed by atoms with Crippen LogP contribution in [0.15, 0.2) is 36.5 Å². The molecule has 0 saturated heterocycles. The third-order valence-corrected chi connectivity index (χ3v) is 7.20. The molecule has 226 valence electrons. The summed E-state index contributed by atoms with van der Waals surface area (Å²) in [5, 5.41) is 12.4. The minimum Gasteiger partial charge on any atom is -0.481 e. The molecule has 9 nitrogen and oxygen atoms in total. The average molecular weight is 570 g/mol. The van der Waals surface area contributed by atoms with E-state index in [0.29, 0.717) is 22.9 Å². The number of carbonyl (C=O) groups is 4. The molecule has 0 bridgehead atoms. The minimum atomic E-state index is -1.07. The number of nitrogens with one attached hydrogen (secondary N) is 1. The number of benzene rings is 1. The maximum Gasteiger partial charge on any atom is 0.328 e. The van der Waals surface area contributed by atoms with Crippen molar-refractivity contribution < 1.29 is 29.0 Å². The lowest BCUT2D eigenvalue weighted by Gasteiger charge is -2.22. The summed E-state index contributed by atoms with van der Waals surface area (Å²) in [6.07, 6.45) is 14.4. The van der Waals surface area contributed by atoms with E-state index in [0.717, 1.165) is 25.7 Å². The topological polar surface area (TPSA) is 149 Å². The van der Waals surface area contributed by atoms with Crippen molar-refractivity contribution in [1.82, 2.24) is 10.3 Å². The van der Waals surface area contributed by atoms with Gasteiger partial charge < -0.3 is 20.9 Å². The van der Waals surface area contributed by atoms with Gasteiger partial charge in [-0.05, 0) is 43.9 Å². The van der Waals surface area contributed by atoms with Crippen molar-refractivity contribution in [3.05, 3.63) is 42.1 Å². The molecule has 1 aromatic heterocycles. The molecule has 0 unspecified atom stereocenters. The van der Waals surface area contributed by atoms with Gasteiger partial charge in [0.15, 0.2) is 0 Å². The number of nitrogens with zero attached hydrogens (tertiary/aromatic N) is 1. The second-order valence-electron chi connectivity index (χ2n) is 10.7. The van der Waals surface area contributed by atoms with Crippen molar-refractivity contribution in [2.75, 3.05) is 0 Å². The maximum atomic E-state index is 13.2. The number of hydrogen-bond acceptors (Lipinski definition) is 6. The number of primary amides is 1. The number of aromatic nitrogens is 1. The third kappa shape index (κ3) is 13.6. The molecule has 0 spiro atoms. The lowest BCUT2D eigenvalue weighted by Crippen LogP contribution is -2.43. The average Bonchev–Trinajstić information content (AvgIpc) is 2.94. The summed E-state index contributed by atoms with van der Waals surface area (Å²) in [6.45, 7) is 2.22. The molecule has 2 rings (SSSR count). The van der Waals surface area contributed by atoms with Gasteiger partial charge in [0, 0.05) is 23.6 Å². The first-order valence-corrected chi connectivity index (χ1v) is 15.2. The van der Waals surface area contributed by atoms with Crippen molar-refractivity contribution in [2.24, 2.45) is 5.73 Å². The number of rotatable bonds is 22. The van der Waals surface area contributed by atoms with Crippen molar-refractivity contribution in [2.45, 2.75) is 122 Å². The second kappa shape index (κ2) is 19.6. The normalized spacial score (nSPS) is 12.5. The fourth-order valence-electron chi connectivity index (χ4n) is 4.95. The number of carboxylic acids is 1. The number of esters is 1. The number of nitrogens with two attached hydrogens (primary N) is 1. The van der Waals surface area contributed by atoms with Crippen LogP contribution < -0.4 is 11.1 Å². The van der Waals surface area contributed by atoms with Gasteiger partial charge in [0.25, 0.3) is 5.91 Å². The standard InChI is InChI=1S/C32H47N3O6/c1-2-3-4-5-6-7-8-9-10-11-12-16-24(23-29(33)36)41-32(40)28(20-14-21-30(37)38)35-31(39)26-17-13-19-27-25(26)18-15-22-34-27/h13,15,17-19,22,24,28H,2-12,14,16,20-21,23H2,1H3,(H2,33,36)(H,35,39)(H,37,38)/t24-,28-/m0/s1. The Balaban J connectivity index is 1.92. The number of amides is 2. The molecule has 9 heteroatoms. The molecule has 0 aliphatic heterocycles. The fraction of sp³-hybridized carbons (Fsp3) is 0.594. The summed E-state index contributed by atoms with van der Waals surface area (Å²) in [6, 6.07) is 7.56. The molecular formula is C32H47N3O6. The molecular weight excluding hydrogens is 522 g/mol. The number of ether oxygens (including phenoxy) is 1. The molecule has 0 saturated carbocycles. The van der Waals surface area contributed by atoms with E-state index >= 15 is 0 Å². The zero-order valence-corrected chi connectivity index (χ0v) is 24.4. The molecule has 0 aliphatic carbocycles. The molecule has 1 heterocycles. The summed E-state index contributed by atoms with van der Waals surface area (Å²) in [5.74, 6) is -2.75. The van der Waals surface area contributed by atoms with Gasteiger partial charge in [-0.2, -0.15) is 0 Å². The van der Waals surface area contributed by atoms with Gasteiger partial charge in [0.1, 0.15) is 12.1 Å². The molecule has 0 radical (unpaired) electrons. The lowest BCUT2D eigenvalue weighted by atomic mass is 10.0. The molecule has 2 atom stereocenters. The largest absolute Gasteiger partial charge is 0.481 e. The van der Waals surface area contributed by atoms with Crippen LogP contribution in [0.4, 0.5) is 0 Å². The van der Waals surface area contributed by atoms with Crippen LogP contribution in [0.25, 0.3) is 10.9 Å². The van der Waals surface area contributed by atoms with E-state index in [1.54, 1.807) is 36.5 Å². The maximum absolute atomic E-state index is 13.2. The van der Waals surface area contributed by atoms with Crippen LogP contribution >= 0.6 is 0 Å². The summed E-state index contributed by atoms with van der Waals surface area (Å²) < 4.78 is 5.68. The third-order valence-electron chi connectivity index (χ3n) is 7.20.